The average Bonchev–Trinajstić information content (AvgIpc) is 2.59. The van der Waals surface area contributed by atoms with E-state index < -0.39 is 23.4 Å². The highest BCUT2D eigenvalue weighted by Gasteiger charge is 2.17. The van der Waals surface area contributed by atoms with Crippen LogP contribution in [0.25, 0.3) is 0 Å². The summed E-state index contributed by atoms with van der Waals surface area (Å²) in [7, 11) is 0. The highest BCUT2D eigenvalue weighted by Crippen LogP contribution is 2.24. The molecule has 0 saturated heterocycles. The molecule has 4 N–H and O–H groups in total. The van der Waals surface area contributed by atoms with Gasteiger partial charge in [0.2, 0.25) is 0 Å². The summed E-state index contributed by atoms with van der Waals surface area (Å²) in [5, 5.41) is 5.59. The molecule has 162 valence electrons. The molecule has 8 nitrogen and oxygen atoms in total. The first-order chi connectivity index (χ1) is 14.0. The number of rotatable bonds is 7. The van der Waals surface area contributed by atoms with Gasteiger partial charge in [-0.15, -0.1) is 0 Å². The van der Waals surface area contributed by atoms with Gasteiger partial charge in [-0.2, -0.15) is 0 Å². The number of nitrogens with one attached hydrogen (secondary N) is 2. The quantitative estimate of drug-likeness (QED) is 0.607. The Morgan fingerprint density at radius 2 is 1.93 bits per heavy atom. The first kappa shape index (κ1) is 23.3. The number of anilines is 2. The fourth-order valence-corrected chi connectivity index (χ4v) is 2.82. The predicted molar refractivity (Wildman–Crippen MR) is 113 cm³/mol. The summed E-state index contributed by atoms with van der Waals surface area (Å²) in [6, 6.07) is 4.24. The van der Waals surface area contributed by atoms with Gasteiger partial charge in [0, 0.05) is 12.2 Å². The van der Waals surface area contributed by atoms with E-state index in [0.29, 0.717) is 29.8 Å². The van der Waals surface area contributed by atoms with E-state index in [-0.39, 0.29) is 23.2 Å². The zero-order valence-electron chi connectivity index (χ0n) is 17.3. The van der Waals surface area contributed by atoms with E-state index in [0.717, 1.165) is 0 Å². The minimum Gasteiger partial charge on any atom is -0.444 e. The zero-order valence-corrected chi connectivity index (χ0v) is 18.1. The van der Waals surface area contributed by atoms with E-state index in [1.54, 1.807) is 26.8 Å². The summed E-state index contributed by atoms with van der Waals surface area (Å²) >= 11 is 6.09. The lowest BCUT2D eigenvalue weighted by Crippen LogP contribution is -2.33. The van der Waals surface area contributed by atoms with Crippen molar-refractivity contribution < 1.29 is 18.7 Å². The third-order valence-electron chi connectivity index (χ3n) is 3.79. The van der Waals surface area contributed by atoms with Crippen molar-refractivity contribution in [3.63, 3.8) is 0 Å². The van der Waals surface area contributed by atoms with Crippen molar-refractivity contribution in [3.8, 4) is 0 Å². The molecule has 0 aliphatic carbocycles. The van der Waals surface area contributed by atoms with Crippen LogP contribution in [0.3, 0.4) is 0 Å². The highest BCUT2D eigenvalue weighted by atomic mass is 35.5. The summed E-state index contributed by atoms with van der Waals surface area (Å²) in [6.07, 6.45) is 0.278. The second-order valence-electron chi connectivity index (χ2n) is 7.53. The van der Waals surface area contributed by atoms with Crippen molar-refractivity contribution in [1.29, 1.82) is 0 Å². The number of alkyl carbamates (subject to hydrolysis) is 1. The Kier molecular flexibility index (Phi) is 7.55. The van der Waals surface area contributed by atoms with E-state index in [9.17, 15) is 14.0 Å². The molecule has 0 saturated carbocycles. The summed E-state index contributed by atoms with van der Waals surface area (Å²) < 4.78 is 19.2. The fourth-order valence-electron chi connectivity index (χ4n) is 2.56. The molecule has 0 spiro atoms. The van der Waals surface area contributed by atoms with Crippen LogP contribution < -0.4 is 16.4 Å². The molecule has 0 atom stereocenters. The van der Waals surface area contributed by atoms with Crippen LogP contribution in [-0.2, 0) is 17.6 Å². The molecule has 1 aromatic carbocycles. The molecular weight excluding hydrogens is 413 g/mol. The standard InChI is InChI=1S/C20H25ClFN5O3/c1-5-14-16(21)27-18(15(26-14)17(23)28)25-13-9-11(8-12(22)10-13)6-7-24-19(29)30-20(2,3)4/h8-10H,5-7H2,1-4H3,(H2,23,28)(H,24,29)(H,25,27). The molecule has 0 bridgehead atoms. The number of halogens is 2. The third kappa shape index (κ3) is 6.84. The number of aromatic nitrogens is 2. The summed E-state index contributed by atoms with van der Waals surface area (Å²) in [6.45, 7) is 7.36. The van der Waals surface area contributed by atoms with Crippen LogP contribution in [0, 0.1) is 5.82 Å². The first-order valence-corrected chi connectivity index (χ1v) is 9.76. The third-order valence-corrected chi connectivity index (χ3v) is 4.09. The molecule has 1 aromatic heterocycles. The Bertz CT molecular complexity index is 947. The van der Waals surface area contributed by atoms with E-state index >= 15 is 0 Å². The number of primary amides is 1. The van der Waals surface area contributed by atoms with Crippen LogP contribution in [0.5, 0.6) is 0 Å². The van der Waals surface area contributed by atoms with Crippen molar-refractivity contribution in [3.05, 3.63) is 46.1 Å². The summed E-state index contributed by atoms with van der Waals surface area (Å²) in [5.74, 6) is -1.25. The van der Waals surface area contributed by atoms with Gasteiger partial charge < -0.3 is 21.1 Å². The number of nitrogens with zero attached hydrogens (tertiary/aromatic N) is 2. The largest absolute Gasteiger partial charge is 0.444 e. The second kappa shape index (κ2) is 9.71. The molecular formula is C20H25ClFN5O3. The number of hydrogen-bond acceptors (Lipinski definition) is 6. The van der Waals surface area contributed by atoms with Crippen LogP contribution in [-0.4, -0.2) is 34.1 Å². The number of nitrogens with two attached hydrogens (primary N) is 1. The van der Waals surface area contributed by atoms with Gasteiger partial charge in [0.05, 0.1) is 5.69 Å². The Hall–Kier alpha value is -2.94. The lowest BCUT2D eigenvalue weighted by molar-refractivity contribution is 0.0528. The van der Waals surface area contributed by atoms with E-state index in [4.69, 9.17) is 22.1 Å². The van der Waals surface area contributed by atoms with E-state index in [2.05, 4.69) is 20.6 Å². The molecule has 30 heavy (non-hydrogen) atoms. The molecule has 0 unspecified atom stereocenters. The van der Waals surface area contributed by atoms with Gasteiger partial charge >= 0.3 is 6.09 Å². The maximum atomic E-state index is 14.1. The average molecular weight is 438 g/mol. The first-order valence-electron chi connectivity index (χ1n) is 9.38. The SMILES string of the molecule is CCc1nc(C(N)=O)c(Nc2cc(F)cc(CCNC(=O)OC(C)(C)C)c2)nc1Cl. The van der Waals surface area contributed by atoms with Crippen molar-refractivity contribution in [2.45, 2.75) is 46.1 Å². The van der Waals surface area contributed by atoms with Crippen LogP contribution >= 0.6 is 11.6 Å². The Balaban J connectivity index is 2.15. The fraction of sp³-hybridized carbons (Fsp3) is 0.400. The van der Waals surface area contributed by atoms with E-state index in [1.165, 1.54) is 12.1 Å². The molecule has 0 radical (unpaired) electrons. The number of amides is 2. The predicted octanol–water partition coefficient (Wildman–Crippen LogP) is 3.74. The number of hydrogen-bond donors (Lipinski definition) is 3. The van der Waals surface area contributed by atoms with Crippen LogP contribution in [0.1, 0.15) is 49.4 Å². The molecule has 2 aromatic rings. The highest BCUT2D eigenvalue weighted by molar-refractivity contribution is 6.30. The van der Waals surface area contributed by atoms with Gasteiger partial charge in [-0.3, -0.25) is 4.79 Å². The van der Waals surface area contributed by atoms with Crippen LogP contribution in [0.15, 0.2) is 18.2 Å². The molecule has 0 fully saturated rings. The topological polar surface area (TPSA) is 119 Å². The van der Waals surface area contributed by atoms with Gasteiger partial charge in [-0.05, 0) is 57.4 Å². The van der Waals surface area contributed by atoms with Crippen LogP contribution in [0.2, 0.25) is 5.15 Å². The van der Waals surface area contributed by atoms with Gasteiger partial charge in [-0.1, -0.05) is 18.5 Å². The number of ether oxygens (including phenoxy) is 1. The smallest absolute Gasteiger partial charge is 0.407 e. The van der Waals surface area contributed by atoms with Crippen molar-refractivity contribution in [1.82, 2.24) is 15.3 Å². The van der Waals surface area contributed by atoms with Crippen LogP contribution in [0.4, 0.5) is 20.7 Å². The summed E-state index contributed by atoms with van der Waals surface area (Å²) in [5.41, 5.74) is 6.07. The van der Waals surface area contributed by atoms with Gasteiger partial charge in [0.1, 0.15) is 11.4 Å². The molecule has 2 amide bonds. The maximum absolute atomic E-state index is 14.1. The van der Waals surface area contributed by atoms with Gasteiger partial charge in [0.25, 0.3) is 5.91 Å². The molecule has 10 heteroatoms. The van der Waals surface area contributed by atoms with E-state index in [1.807, 2.05) is 6.92 Å². The monoisotopic (exact) mass is 437 g/mol. The Morgan fingerprint density at radius 3 is 2.53 bits per heavy atom. The Labute approximate surface area is 179 Å². The zero-order chi connectivity index (χ0) is 22.5. The molecule has 1 heterocycles. The number of aryl methyl sites for hydroxylation is 1. The van der Waals surface area contributed by atoms with Gasteiger partial charge in [0.15, 0.2) is 16.7 Å². The molecule has 2 rings (SSSR count). The van der Waals surface area contributed by atoms with Gasteiger partial charge in [-0.25, -0.2) is 19.2 Å². The molecule has 0 aliphatic rings. The number of benzene rings is 1. The molecule has 0 aliphatic heterocycles. The second-order valence-corrected chi connectivity index (χ2v) is 7.89. The van der Waals surface area contributed by atoms with Crippen molar-refractivity contribution >= 4 is 35.1 Å². The normalized spacial score (nSPS) is 11.1. The van der Waals surface area contributed by atoms with Crippen molar-refractivity contribution in [2.75, 3.05) is 11.9 Å². The lowest BCUT2D eigenvalue weighted by Gasteiger charge is -2.19. The minimum atomic E-state index is -0.783. The lowest BCUT2D eigenvalue weighted by atomic mass is 10.1. The Morgan fingerprint density at radius 1 is 1.23 bits per heavy atom. The number of carbonyl (C=O) groups is 2. The minimum absolute atomic E-state index is 0.0353. The van der Waals surface area contributed by atoms with Crippen molar-refractivity contribution in [2.24, 2.45) is 5.73 Å². The summed E-state index contributed by atoms with van der Waals surface area (Å²) in [4.78, 5) is 31.7. The number of carbonyl (C=O) groups excluding carboxylic acids is 2. The maximum Gasteiger partial charge on any atom is 0.407 e.